The Morgan fingerprint density at radius 3 is 2.59 bits per heavy atom. The van der Waals surface area contributed by atoms with Crippen molar-refractivity contribution in [2.75, 3.05) is 37.7 Å². The van der Waals surface area contributed by atoms with Crippen LogP contribution in [0.15, 0.2) is 43.5 Å². The first-order valence-electron chi connectivity index (χ1n) is 13.2. The first-order chi connectivity index (χ1) is 17.7. The van der Waals surface area contributed by atoms with Crippen molar-refractivity contribution in [1.82, 2.24) is 9.80 Å². The fourth-order valence-corrected chi connectivity index (χ4v) is 8.79. The van der Waals surface area contributed by atoms with Gasteiger partial charge in [0.2, 0.25) is 11.8 Å². The highest BCUT2D eigenvalue weighted by Crippen LogP contribution is 2.66. The van der Waals surface area contributed by atoms with Crippen molar-refractivity contribution in [2.45, 2.75) is 56.1 Å². The predicted molar refractivity (Wildman–Crippen MR) is 148 cm³/mol. The van der Waals surface area contributed by atoms with E-state index >= 15 is 0 Å². The average Bonchev–Trinajstić information content (AvgIpc) is 3.51. The van der Waals surface area contributed by atoms with E-state index in [0.29, 0.717) is 26.1 Å². The maximum Gasteiger partial charge on any atom is 0.251 e. The monoisotopic (exact) mass is 525 g/mol. The summed E-state index contributed by atoms with van der Waals surface area (Å²) >= 11 is 1.66. The molecule has 2 bridgehead atoms. The standard InChI is InChI=1S/C29H39N3O4S/c1-6-13-30(14-7-2)26(34)23-22-11-12-29(37-22)24(23)27(35)32(16-17-33)25(29)28(36)31(15-8-3)21-18-19(4)9-10-20(21)5/h6,8-10,18,22-25,33H,1,3,7,11-17H2,2,4-5H3/t22-,23+,24-,25?,29?/m0/s1. The van der Waals surface area contributed by atoms with E-state index in [9.17, 15) is 19.5 Å². The maximum absolute atomic E-state index is 14.5. The van der Waals surface area contributed by atoms with Crippen LogP contribution in [0, 0.1) is 25.7 Å². The number of aliphatic hydroxyl groups is 1. The molecule has 7 nitrogen and oxygen atoms in total. The highest BCUT2D eigenvalue weighted by molar-refractivity contribution is 8.02. The summed E-state index contributed by atoms with van der Waals surface area (Å²) in [6.45, 7) is 14.9. The fraction of sp³-hybridized carbons (Fsp3) is 0.552. The SMILES string of the molecule is C=CCN(CCC)C(=O)[C@@H]1[C@@H]2CCC3(S2)C(C(=O)N(CC=C)c2cc(C)ccc2C)N(CCO)C(=O)[C@H]13. The van der Waals surface area contributed by atoms with Gasteiger partial charge in [0.25, 0.3) is 5.91 Å². The minimum Gasteiger partial charge on any atom is -0.395 e. The van der Waals surface area contributed by atoms with Crippen molar-refractivity contribution in [2.24, 2.45) is 11.8 Å². The Kier molecular flexibility index (Phi) is 8.19. The van der Waals surface area contributed by atoms with Gasteiger partial charge in [-0.2, -0.15) is 0 Å². The van der Waals surface area contributed by atoms with Crippen LogP contribution in [0.25, 0.3) is 0 Å². The molecule has 1 aromatic rings. The van der Waals surface area contributed by atoms with Crippen molar-refractivity contribution in [3.63, 3.8) is 0 Å². The first-order valence-corrected chi connectivity index (χ1v) is 14.1. The number of benzene rings is 1. The number of amides is 3. The number of hydrogen-bond donors (Lipinski definition) is 1. The van der Waals surface area contributed by atoms with E-state index in [0.717, 1.165) is 29.7 Å². The van der Waals surface area contributed by atoms with E-state index in [1.807, 2.05) is 39.0 Å². The molecule has 37 heavy (non-hydrogen) atoms. The van der Waals surface area contributed by atoms with Crippen LogP contribution in [-0.2, 0) is 14.4 Å². The van der Waals surface area contributed by atoms with Crippen LogP contribution >= 0.6 is 11.8 Å². The number of carbonyl (C=O) groups excluding carboxylic acids is 3. The zero-order valence-corrected chi connectivity index (χ0v) is 23.0. The van der Waals surface area contributed by atoms with E-state index in [1.54, 1.807) is 38.6 Å². The van der Waals surface area contributed by atoms with Gasteiger partial charge in [0.1, 0.15) is 6.04 Å². The van der Waals surface area contributed by atoms with E-state index in [-0.39, 0.29) is 36.1 Å². The molecule has 5 atom stereocenters. The number of hydrogen-bond acceptors (Lipinski definition) is 5. The summed E-state index contributed by atoms with van der Waals surface area (Å²) in [5.41, 5.74) is 2.80. The Hall–Kier alpha value is -2.58. The van der Waals surface area contributed by atoms with Crippen LogP contribution < -0.4 is 4.90 Å². The summed E-state index contributed by atoms with van der Waals surface area (Å²) in [5.74, 6) is -1.41. The number of nitrogens with zero attached hydrogens (tertiary/aromatic N) is 3. The third-order valence-electron chi connectivity index (χ3n) is 8.05. The quantitative estimate of drug-likeness (QED) is 0.448. The lowest BCUT2D eigenvalue weighted by atomic mass is 9.70. The molecule has 3 aliphatic heterocycles. The molecule has 3 amide bonds. The molecular weight excluding hydrogens is 486 g/mol. The first kappa shape index (κ1) is 27.5. The number of rotatable bonds is 11. The minimum atomic E-state index is -0.746. The smallest absolute Gasteiger partial charge is 0.251 e. The van der Waals surface area contributed by atoms with E-state index < -0.39 is 22.6 Å². The van der Waals surface area contributed by atoms with E-state index in [1.165, 1.54) is 0 Å². The Balaban J connectivity index is 1.77. The predicted octanol–water partition coefficient (Wildman–Crippen LogP) is 3.33. The number of likely N-dealkylation sites (tertiary alicyclic amines) is 1. The molecular formula is C29H39N3O4S. The van der Waals surface area contributed by atoms with Crippen molar-refractivity contribution in [1.29, 1.82) is 0 Å². The second-order valence-electron chi connectivity index (χ2n) is 10.4. The average molecular weight is 526 g/mol. The lowest BCUT2D eigenvalue weighted by Crippen LogP contribution is -2.55. The van der Waals surface area contributed by atoms with Gasteiger partial charge in [0, 0.05) is 37.1 Å². The van der Waals surface area contributed by atoms with Crippen molar-refractivity contribution in [3.05, 3.63) is 54.6 Å². The van der Waals surface area contributed by atoms with Crippen molar-refractivity contribution in [3.8, 4) is 0 Å². The molecule has 0 radical (unpaired) electrons. The summed E-state index contributed by atoms with van der Waals surface area (Å²) < 4.78 is -0.683. The van der Waals surface area contributed by atoms with Crippen LogP contribution in [0.3, 0.4) is 0 Å². The van der Waals surface area contributed by atoms with Gasteiger partial charge in [-0.15, -0.1) is 24.9 Å². The molecule has 1 spiro atoms. The highest BCUT2D eigenvalue weighted by Gasteiger charge is 2.74. The molecule has 200 valence electrons. The molecule has 4 rings (SSSR count). The van der Waals surface area contributed by atoms with Gasteiger partial charge >= 0.3 is 0 Å². The van der Waals surface area contributed by atoms with Gasteiger partial charge in [0.05, 0.1) is 23.2 Å². The summed E-state index contributed by atoms with van der Waals surface area (Å²) in [6, 6.07) is 5.25. The number of thioether (sulfide) groups is 1. The second-order valence-corrected chi connectivity index (χ2v) is 12.0. The minimum absolute atomic E-state index is 0.00533. The summed E-state index contributed by atoms with van der Waals surface area (Å²) in [7, 11) is 0. The van der Waals surface area contributed by atoms with Crippen LogP contribution in [0.5, 0.6) is 0 Å². The Bertz CT molecular complexity index is 1090. The third kappa shape index (κ3) is 4.52. The number of fused-ring (bicyclic) bond motifs is 1. The van der Waals surface area contributed by atoms with Gasteiger partial charge < -0.3 is 19.8 Å². The lowest BCUT2D eigenvalue weighted by molar-refractivity contribution is -0.144. The number of β-amino-alcohol motifs (C(OH)–C–C–N with tert-alkyl or cyclic N) is 1. The summed E-state index contributed by atoms with van der Waals surface area (Å²) in [4.78, 5) is 47.3. The van der Waals surface area contributed by atoms with E-state index in [4.69, 9.17) is 0 Å². The summed E-state index contributed by atoms with van der Waals surface area (Å²) in [5, 5.41) is 9.89. The van der Waals surface area contributed by atoms with Gasteiger partial charge in [-0.3, -0.25) is 14.4 Å². The van der Waals surface area contributed by atoms with Crippen molar-refractivity contribution >= 4 is 35.2 Å². The number of aryl methyl sites for hydroxylation is 2. The molecule has 8 heteroatoms. The zero-order valence-electron chi connectivity index (χ0n) is 22.2. The molecule has 3 heterocycles. The molecule has 3 aliphatic rings. The van der Waals surface area contributed by atoms with Crippen LogP contribution in [0.2, 0.25) is 0 Å². The normalized spacial score (nSPS) is 27.8. The molecule has 0 saturated carbocycles. The van der Waals surface area contributed by atoms with Gasteiger partial charge in [-0.25, -0.2) is 0 Å². The highest BCUT2D eigenvalue weighted by atomic mass is 32.2. The van der Waals surface area contributed by atoms with Crippen LogP contribution in [-0.4, -0.2) is 81.5 Å². The van der Waals surface area contributed by atoms with E-state index in [2.05, 4.69) is 13.2 Å². The van der Waals surface area contributed by atoms with Gasteiger partial charge in [-0.1, -0.05) is 31.2 Å². The molecule has 3 saturated heterocycles. The van der Waals surface area contributed by atoms with Gasteiger partial charge in [-0.05, 0) is 50.3 Å². The number of anilines is 1. The van der Waals surface area contributed by atoms with Crippen molar-refractivity contribution < 1.29 is 19.5 Å². The molecule has 0 aromatic heterocycles. The maximum atomic E-state index is 14.5. The molecule has 3 fully saturated rings. The third-order valence-corrected chi connectivity index (χ3v) is 10.00. The fourth-order valence-electron chi connectivity index (χ4n) is 6.58. The lowest BCUT2D eigenvalue weighted by Gasteiger charge is -2.38. The van der Waals surface area contributed by atoms with Crippen LogP contribution in [0.1, 0.15) is 37.3 Å². The molecule has 1 N–H and O–H groups in total. The Labute approximate surface area is 224 Å². The Morgan fingerprint density at radius 1 is 1.22 bits per heavy atom. The number of aliphatic hydroxyl groups excluding tert-OH is 1. The zero-order chi connectivity index (χ0) is 26.9. The molecule has 1 aromatic carbocycles. The van der Waals surface area contributed by atoms with Crippen LogP contribution in [0.4, 0.5) is 5.69 Å². The largest absolute Gasteiger partial charge is 0.395 e. The second kappa shape index (κ2) is 11.0. The number of carbonyl (C=O) groups is 3. The molecule has 2 unspecified atom stereocenters. The van der Waals surface area contributed by atoms with Gasteiger partial charge in [0.15, 0.2) is 0 Å². The Morgan fingerprint density at radius 2 is 1.95 bits per heavy atom. The summed E-state index contributed by atoms with van der Waals surface area (Å²) in [6.07, 6.45) is 5.73. The topological polar surface area (TPSA) is 81.2 Å². The molecule has 0 aliphatic carbocycles.